The van der Waals surface area contributed by atoms with Gasteiger partial charge >= 0.3 is 0 Å². The van der Waals surface area contributed by atoms with Crippen LogP contribution in [0, 0.1) is 0 Å². The van der Waals surface area contributed by atoms with Crippen LogP contribution in [-0.2, 0) is 19.5 Å². The van der Waals surface area contributed by atoms with Crippen molar-refractivity contribution < 1.29 is 19.5 Å². The van der Waals surface area contributed by atoms with Gasteiger partial charge in [0, 0.05) is 67.4 Å². The largest absolute Gasteiger partial charge is 0.396 e. The molecule has 8 nitrogen and oxygen atoms in total. The summed E-state index contributed by atoms with van der Waals surface area (Å²) in [7, 11) is 0. The molecule has 0 saturated heterocycles. The number of anilines is 2. The van der Waals surface area contributed by atoms with Crippen LogP contribution in [0.2, 0.25) is 0 Å². The van der Waals surface area contributed by atoms with Crippen LogP contribution < -0.4 is 11.5 Å². The Morgan fingerprint density at radius 1 is 0.413 bits per heavy atom. The molecule has 9 heteroatoms. The number of nitrogen functional groups attached to an aromatic ring is 2. The number of fused-ring (bicyclic) bond motifs is 3. The third-order valence-corrected chi connectivity index (χ3v) is 6.60. The van der Waals surface area contributed by atoms with Crippen molar-refractivity contribution in [3.8, 4) is 22.8 Å². The van der Waals surface area contributed by atoms with Gasteiger partial charge in [-0.15, -0.1) is 0 Å². The van der Waals surface area contributed by atoms with E-state index in [-0.39, 0.29) is 19.5 Å². The summed E-state index contributed by atoms with van der Waals surface area (Å²) in [5, 5.41) is 1.71. The zero-order valence-corrected chi connectivity index (χ0v) is 27.8. The number of hydrogen-bond acceptors (Lipinski definition) is 8. The van der Waals surface area contributed by atoms with Crippen molar-refractivity contribution in [2.24, 2.45) is 0 Å². The van der Waals surface area contributed by atoms with E-state index >= 15 is 0 Å². The van der Waals surface area contributed by atoms with E-state index in [0.29, 0.717) is 11.4 Å². The summed E-state index contributed by atoms with van der Waals surface area (Å²) < 4.78 is 0. The van der Waals surface area contributed by atoms with Crippen molar-refractivity contribution in [2.75, 3.05) is 11.5 Å². The topological polar surface area (TPSA) is 129 Å². The van der Waals surface area contributed by atoms with Crippen molar-refractivity contribution in [1.82, 2.24) is 29.9 Å². The van der Waals surface area contributed by atoms with Crippen molar-refractivity contribution in [1.29, 1.82) is 0 Å². The van der Waals surface area contributed by atoms with E-state index in [1.165, 1.54) is 19.3 Å². The van der Waals surface area contributed by atoms with Gasteiger partial charge in [-0.1, -0.05) is 57.4 Å². The average molecular weight is 696 g/mol. The molecule has 0 aliphatic carbocycles. The monoisotopic (exact) mass is 696 g/mol. The fourth-order valence-corrected chi connectivity index (χ4v) is 4.32. The van der Waals surface area contributed by atoms with Gasteiger partial charge in [0.1, 0.15) is 0 Å². The summed E-state index contributed by atoms with van der Waals surface area (Å²) in [6.45, 7) is 4.42. The molecule has 0 atom stereocenters. The van der Waals surface area contributed by atoms with Crippen molar-refractivity contribution in [2.45, 2.75) is 33.1 Å². The number of unbranched alkanes of at least 4 members (excludes halogenated alkanes) is 2. The first kappa shape index (κ1) is 35.3. The van der Waals surface area contributed by atoms with Crippen molar-refractivity contribution in [3.63, 3.8) is 0 Å². The summed E-state index contributed by atoms with van der Waals surface area (Å²) in [6.07, 6.45) is 14.6. The van der Waals surface area contributed by atoms with E-state index in [9.17, 15) is 0 Å². The quantitative estimate of drug-likeness (QED) is 0.0813. The number of pyridine rings is 6. The van der Waals surface area contributed by atoms with Crippen LogP contribution in [0.4, 0.5) is 11.4 Å². The Balaban J connectivity index is 0.000000175. The van der Waals surface area contributed by atoms with E-state index in [4.69, 9.17) is 11.5 Å². The third kappa shape index (κ3) is 9.94. The van der Waals surface area contributed by atoms with Gasteiger partial charge in [0.05, 0.1) is 45.2 Å². The summed E-state index contributed by atoms with van der Waals surface area (Å²) in [6, 6.07) is 30.7. The summed E-state index contributed by atoms with van der Waals surface area (Å²) in [5.74, 6) is 0. The fourth-order valence-electron chi connectivity index (χ4n) is 4.32. The predicted octanol–water partition coefficient (Wildman–Crippen LogP) is 8.43. The number of aromatic nitrogens is 6. The van der Waals surface area contributed by atoms with Crippen LogP contribution >= 0.6 is 0 Å². The average Bonchev–Trinajstić information content (AvgIpc) is 3.13. The molecular formula is C37H38N8Ru. The molecule has 4 N–H and O–H groups in total. The molecule has 234 valence electrons. The van der Waals surface area contributed by atoms with E-state index < -0.39 is 0 Å². The third-order valence-electron chi connectivity index (χ3n) is 6.60. The van der Waals surface area contributed by atoms with Gasteiger partial charge in [-0.3, -0.25) is 29.9 Å². The molecule has 0 spiro atoms. The van der Waals surface area contributed by atoms with Crippen molar-refractivity contribution >= 4 is 33.2 Å². The maximum absolute atomic E-state index is 5.99. The first-order valence-electron chi connectivity index (χ1n) is 14.9. The zero-order valence-electron chi connectivity index (χ0n) is 26.0. The molecule has 6 heterocycles. The van der Waals surface area contributed by atoms with Crippen LogP contribution in [0.1, 0.15) is 33.1 Å². The summed E-state index contributed by atoms with van der Waals surface area (Å²) >= 11 is 0. The van der Waals surface area contributed by atoms with Gasteiger partial charge in [-0.2, -0.15) is 0 Å². The first-order valence-corrected chi connectivity index (χ1v) is 14.9. The number of rotatable bonds is 4. The van der Waals surface area contributed by atoms with Gasteiger partial charge in [-0.05, 0) is 72.8 Å². The molecule has 0 aliphatic heterocycles. The van der Waals surface area contributed by atoms with Crippen LogP contribution in [0.3, 0.4) is 0 Å². The standard InChI is InChI=1S/C12H10N4.2C10H8N2.C5H12.Ru/c13-9-7-3-1-5-15-11(7)12-8(10(9)14)4-2-6-16-12;2*1-3-7-11-9(5-1)10-6-2-4-8-12-10;1-3-5-4-2;/h1-6H,13-14H2;2*1-8H;3-5H2,1-2H3;. The minimum Gasteiger partial charge on any atom is -0.396 e. The second-order valence-electron chi connectivity index (χ2n) is 9.84. The second kappa shape index (κ2) is 19.3. The van der Waals surface area contributed by atoms with Gasteiger partial charge in [0.2, 0.25) is 0 Å². The molecule has 0 saturated carbocycles. The molecule has 0 radical (unpaired) electrons. The smallest absolute Gasteiger partial charge is 0.0986 e. The zero-order chi connectivity index (χ0) is 31.7. The van der Waals surface area contributed by atoms with E-state index in [1.807, 2.05) is 97.1 Å². The normalized spacial score (nSPS) is 9.78. The second-order valence-corrected chi connectivity index (χ2v) is 9.84. The minimum absolute atomic E-state index is 0. The molecular weight excluding hydrogens is 658 g/mol. The molecule has 0 bridgehead atoms. The number of nitrogens with two attached hydrogens (primary N) is 2. The SMILES string of the molecule is CCCCC.Nc1c(N)c2cccnc2c2ncccc12.[Ru].c1ccc(-c2ccccn2)nc1.c1ccc(-c2ccccn2)nc1. The van der Waals surface area contributed by atoms with Crippen LogP contribution in [0.5, 0.6) is 0 Å². The predicted molar refractivity (Wildman–Crippen MR) is 186 cm³/mol. The van der Waals surface area contributed by atoms with E-state index in [0.717, 1.165) is 44.6 Å². The Bertz CT molecular complexity index is 1640. The molecule has 0 fully saturated rings. The number of benzene rings is 1. The molecule has 0 unspecified atom stereocenters. The van der Waals surface area contributed by atoms with Crippen LogP contribution in [-0.4, -0.2) is 29.9 Å². The van der Waals surface area contributed by atoms with Gasteiger partial charge in [0.15, 0.2) is 0 Å². The maximum atomic E-state index is 5.99. The summed E-state index contributed by atoms with van der Waals surface area (Å²) in [5.41, 5.74) is 18.4. The minimum atomic E-state index is 0. The molecule has 46 heavy (non-hydrogen) atoms. The van der Waals surface area contributed by atoms with Crippen LogP contribution in [0.15, 0.2) is 134 Å². The summed E-state index contributed by atoms with van der Waals surface area (Å²) in [4.78, 5) is 25.4. The first-order chi connectivity index (χ1) is 22.1. The van der Waals surface area contributed by atoms with Gasteiger partial charge in [-0.25, -0.2) is 0 Å². The Labute approximate surface area is 283 Å². The number of nitrogens with zero attached hydrogens (tertiary/aromatic N) is 6. The van der Waals surface area contributed by atoms with E-state index in [2.05, 4.69) is 43.8 Å². The molecule has 7 rings (SSSR count). The molecule has 1 aromatic carbocycles. The fraction of sp³-hybridized carbons (Fsp3) is 0.135. The Morgan fingerprint density at radius 2 is 0.717 bits per heavy atom. The number of hydrogen-bond donors (Lipinski definition) is 2. The van der Waals surface area contributed by atoms with E-state index in [1.54, 1.807) is 37.2 Å². The molecule has 0 aliphatic rings. The molecule has 0 amide bonds. The maximum Gasteiger partial charge on any atom is 0.0986 e. The Morgan fingerprint density at radius 3 is 0.957 bits per heavy atom. The van der Waals surface area contributed by atoms with Crippen molar-refractivity contribution in [3.05, 3.63) is 134 Å². The molecule has 7 aromatic rings. The Kier molecular flexibility index (Phi) is 14.8. The Hall–Kier alpha value is -5.14. The molecule has 6 aromatic heterocycles. The van der Waals surface area contributed by atoms with Crippen LogP contribution in [0.25, 0.3) is 44.6 Å². The van der Waals surface area contributed by atoms with Gasteiger partial charge < -0.3 is 11.5 Å². The van der Waals surface area contributed by atoms with Gasteiger partial charge in [0.25, 0.3) is 0 Å².